The van der Waals surface area contributed by atoms with E-state index < -0.39 is 0 Å². The summed E-state index contributed by atoms with van der Waals surface area (Å²) < 4.78 is 11.2. The van der Waals surface area contributed by atoms with Gasteiger partial charge < -0.3 is 19.7 Å². The lowest BCUT2D eigenvalue weighted by Crippen LogP contribution is -2.40. The predicted octanol–water partition coefficient (Wildman–Crippen LogP) is 7.11. The van der Waals surface area contributed by atoms with E-state index in [9.17, 15) is 0 Å². The Morgan fingerprint density at radius 3 is 2.34 bits per heavy atom. The van der Waals surface area contributed by atoms with Gasteiger partial charge in [0.2, 0.25) is 0 Å². The van der Waals surface area contributed by atoms with Crippen molar-refractivity contribution in [2.24, 2.45) is 0 Å². The zero-order valence-electron chi connectivity index (χ0n) is 23.6. The van der Waals surface area contributed by atoms with Crippen LogP contribution in [0, 0.1) is 0 Å². The molecule has 1 aromatic carbocycles. The minimum Gasteiger partial charge on any atom is -0.493 e. The van der Waals surface area contributed by atoms with Crippen LogP contribution in [0.5, 0.6) is 11.5 Å². The number of unbranched alkanes of at least 4 members (excludes halogenated alkanes) is 4. The Bertz CT molecular complexity index is 858. The number of aryl methyl sites for hydroxylation is 1. The van der Waals surface area contributed by atoms with Gasteiger partial charge in [-0.05, 0) is 108 Å². The molecule has 38 heavy (non-hydrogen) atoms. The van der Waals surface area contributed by atoms with Gasteiger partial charge in [0.25, 0.3) is 0 Å². The second-order valence-corrected chi connectivity index (χ2v) is 9.81. The number of nitrogens with zero attached hydrogens (tertiary/aromatic N) is 2. The molecule has 1 heterocycles. The Balaban J connectivity index is 0.00000456. The maximum Gasteiger partial charge on any atom is 0.164 e. The number of rotatable bonds is 17. The molecule has 1 aliphatic carbocycles. The van der Waals surface area contributed by atoms with Crippen molar-refractivity contribution in [3.05, 3.63) is 53.3 Å². The second-order valence-electron chi connectivity index (χ2n) is 9.81. The maximum atomic E-state index is 5.69. The van der Waals surface area contributed by atoms with Crippen molar-refractivity contribution in [1.82, 2.24) is 15.2 Å². The Labute approximate surface area is 250 Å². The highest BCUT2D eigenvalue weighted by molar-refractivity contribution is 5.86. The summed E-state index contributed by atoms with van der Waals surface area (Å²) in [5.41, 5.74) is 4.00. The maximum absolute atomic E-state index is 5.69. The molecule has 0 bridgehead atoms. The Morgan fingerprint density at radius 2 is 1.66 bits per heavy atom. The van der Waals surface area contributed by atoms with Crippen LogP contribution in [-0.4, -0.2) is 56.3 Å². The van der Waals surface area contributed by atoms with Crippen LogP contribution in [0.15, 0.2) is 36.5 Å². The Kier molecular flexibility index (Phi) is 20.9. The van der Waals surface area contributed by atoms with Gasteiger partial charge >= 0.3 is 0 Å². The van der Waals surface area contributed by atoms with Crippen molar-refractivity contribution in [3.8, 4) is 11.5 Å². The standard InChI is InChI=1S/C30H47N3O2.3ClH/c1-4-22-33(27-16-17-28-25(24-27)15-18-29(34-2)30(28)35-3)23-12-6-5-9-19-31-20-10-7-13-26-14-8-11-21-32-26;;;/h8,11,14-15,18,21,27,31H,4-7,9-10,12-13,16-17,19-20,22-24H2,1-3H3;3*1H/t27-;;;/m0.../s1. The normalized spacial score (nSPS) is 14.1. The van der Waals surface area contributed by atoms with Crippen LogP contribution in [0.4, 0.5) is 0 Å². The van der Waals surface area contributed by atoms with Crippen LogP contribution in [0.2, 0.25) is 0 Å². The van der Waals surface area contributed by atoms with Gasteiger partial charge in [0, 0.05) is 23.5 Å². The highest BCUT2D eigenvalue weighted by Gasteiger charge is 2.27. The number of nitrogens with one attached hydrogen (secondary N) is 1. The average Bonchev–Trinajstić information content (AvgIpc) is 2.90. The number of pyridine rings is 1. The van der Waals surface area contributed by atoms with Gasteiger partial charge in [-0.1, -0.05) is 31.9 Å². The SMILES string of the molecule is CCCN(CCCCCCNCCCCc1ccccn1)[C@H]1CCc2c(ccc(OC)c2OC)C1.Cl.Cl.Cl. The molecule has 0 radical (unpaired) electrons. The summed E-state index contributed by atoms with van der Waals surface area (Å²) in [6.07, 6.45) is 15.3. The lowest BCUT2D eigenvalue weighted by Gasteiger charge is -2.36. The van der Waals surface area contributed by atoms with E-state index in [1.807, 2.05) is 12.3 Å². The van der Waals surface area contributed by atoms with Gasteiger partial charge in [0.15, 0.2) is 11.5 Å². The fourth-order valence-electron chi connectivity index (χ4n) is 5.39. The van der Waals surface area contributed by atoms with E-state index in [0.29, 0.717) is 6.04 Å². The van der Waals surface area contributed by atoms with E-state index in [0.717, 1.165) is 43.9 Å². The fourth-order valence-corrected chi connectivity index (χ4v) is 5.39. The number of hydrogen-bond acceptors (Lipinski definition) is 5. The summed E-state index contributed by atoms with van der Waals surface area (Å²) in [5, 5.41) is 3.62. The molecule has 0 unspecified atom stereocenters. The topological polar surface area (TPSA) is 46.6 Å². The smallest absolute Gasteiger partial charge is 0.164 e. The van der Waals surface area contributed by atoms with Gasteiger partial charge in [-0.2, -0.15) is 0 Å². The number of halogens is 3. The molecule has 1 aliphatic rings. The molecule has 1 atom stereocenters. The molecule has 5 nitrogen and oxygen atoms in total. The molecule has 0 amide bonds. The molecule has 0 aliphatic heterocycles. The van der Waals surface area contributed by atoms with Crippen LogP contribution in [-0.2, 0) is 19.3 Å². The molecule has 1 aromatic heterocycles. The molecule has 0 saturated carbocycles. The Hall–Kier alpha value is -1.24. The molecule has 8 heteroatoms. The number of ether oxygens (including phenoxy) is 2. The number of methoxy groups -OCH3 is 2. The second kappa shape index (κ2) is 21.6. The summed E-state index contributed by atoms with van der Waals surface area (Å²) in [5.74, 6) is 1.79. The van der Waals surface area contributed by atoms with Crippen LogP contribution < -0.4 is 14.8 Å². The van der Waals surface area contributed by atoms with Gasteiger partial charge in [-0.25, -0.2) is 0 Å². The molecule has 3 rings (SSSR count). The van der Waals surface area contributed by atoms with Crippen LogP contribution in [0.1, 0.15) is 75.1 Å². The first-order valence-electron chi connectivity index (χ1n) is 13.8. The predicted molar refractivity (Wildman–Crippen MR) is 167 cm³/mol. The zero-order valence-corrected chi connectivity index (χ0v) is 26.0. The number of hydrogen-bond donors (Lipinski definition) is 1. The van der Waals surface area contributed by atoms with Gasteiger partial charge in [-0.15, -0.1) is 37.2 Å². The van der Waals surface area contributed by atoms with E-state index in [1.165, 1.54) is 81.3 Å². The van der Waals surface area contributed by atoms with Crippen molar-refractivity contribution >= 4 is 37.2 Å². The molecule has 2 aromatic rings. The van der Waals surface area contributed by atoms with Crippen molar-refractivity contribution in [1.29, 1.82) is 0 Å². The molecular formula is C30H50Cl3N3O2. The minimum absolute atomic E-state index is 0. The summed E-state index contributed by atoms with van der Waals surface area (Å²) in [4.78, 5) is 7.15. The number of aromatic nitrogens is 1. The van der Waals surface area contributed by atoms with E-state index in [2.05, 4.69) is 46.4 Å². The van der Waals surface area contributed by atoms with Gasteiger partial charge in [0.05, 0.1) is 14.2 Å². The van der Waals surface area contributed by atoms with E-state index in [4.69, 9.17) is 9.47 Å². The minimum atomic E-state index is 0. The first-order chi connectivity index (χ1) is 17.3. The molecule has 0 saturated heterocycles. The van der Waals surface area contributed by atoms with Crippen LogP contribution >= 0.6 is 37.2 Å². The first-order valence-corrected chi connectivity index (χ1v) is 13.8. The summed E-state index contributed by atoms with van der Waals surface area (Å²) in [7, 11) is 3.48. The van der Waals surface area contributed by atoms with E-state index in [1.54, 1.807) is 14.2 Å². The highest BCUT2D eigenvalue weighted by atomic mass is 35.5. The third-order valence-corrected chi connectivity index (χ3v) is 7.27. The quantitative estimate of drug-likeness (QED) is 0.199. The molecule has 1 N–H and O–H groups in total. The lowest BCUT2D eigenvalue weighted by molar-refractivity contribution is 0.175. The molecule has 0 fully saturated rings. The van der Waals surface area contributed by atoms with Crippen molar-refractivity contribution in [2.45, 2.75) is 83.6 Å². The largest absolute Gasteiger partial charge is 0.493 e. The number of benzene rings is 1. The van der Waals surface area contributed by atoms with Crippen LogP contribution in [0.25, 0.3) is 0 Å². The zero-order chi connectivity index (χ0) is 24.7. The third-order valence-electron chi connectivity index (χ3n) is 7.27. The average molecular weight is 591 g/mol. The van der Waals surface area contributed by atoms with Crippen molar-refractivity contribution in [3.63, 3.8) is 0 Å². The van der Waals surface area contributed by atoms with Gasteiger partial charge in [0.1, 0.15) is 0 Å². The Morgan fingerprint density at radius 1 is 0.895 bits per heavy atom. The van der Waals surface area contributed by atoms with Crippen molar-refractivity contribution in [2.75, 3.05) is 40.4 Å². The summed E-state index contributed by atoms with van der Waals surface area (Å²) >= 11 is 0. The highest BCUT2D eigenvalue weighted by Crippen LogP contribution is 2.38. The fraction of sp³-hybridized carbons (Fsp3) is 0.633. The van der Waals surface area contributed by atoms with E-state index >= 15 is 0 Å². The third kappa shape index (κ3) is 11.9. The monoisotopic (exact) mass is 589 g/mol. The number of fused-ring (bicyclic) bond motifs is 1. The lowest BCUT2D eigenvalue weighted by atomic mass is 9.86. The van der Waals surface area contributed by atoms with E-state index in [-0.39, 0.29) is 37.2 Å². The van der Waals surface area contributed by atoms with Crippen molar-refractivity contribution < 1.29 is 9.47 Å². The molecule has 0 spiro atoms. The van der Waals surface area contributed by atoms with Gasteiger partial charge in [-0.3, -0.25) is 4.98 Å². The molecule has 218 valence electrons. The first kappa shape index (κ1) is 36.8. The van der Waals surface area contributed by atoms with Crippen LogP contribution in [0.3, 0.4) is 0 Å². The summed E-state index contributed by atoms with van der Waals surface area (Å²) in [6.45, 7) is 7.00. The summed E-state index contributed by atoms with van der Waals surface area (Å²) in [6, 6.07) is 11.1. The molecular weight excluding hydrogens is 541 g/mol.